The van der Waals surface area contributed by atoms with Crippen LogP contribution in [0, 0.1) is 0 Å². The van der Waals surface area contributed by atoms with Gasteiger partial charge in [-0.05, 0) is 71.8 Å². The fourth-order valence-corrected chi connectivity index (χ4v) is 6.18. The molecule has 5 N–H and O–H groups in total. The molecular formula is C40H29F6N11O3. The van der Waals surface area contributed by atoms with E-state index in [9.17, 15) is 41.0 Å². The monoisotopic (exact) mass is 825 g/mol. The van der Waals surface area contributed by atoms with E-state index in [4.69, 9.17) is 11.5 Å². The van der Waals surface area contributed by atoms with Crippen molar-refractivity contribution in [1.29, 1.82) is 0 Å². The van der Waals surface area contributed by atoms with Gasteiger partial charge in [0.1, 0.15) is 11.4 Å². The molecule has 0 aliphatic rings. The lowest BCUT2D eigenvalue weighted by molar-refractivity contribution is -0.141. The van der Waals surface area contributed by atoms with Gasteiger partial charge in [-0.15, -0.1) is 0 Å². The van der Waals surface area contributed by atoms with E-state index in [-0.39, 0.29) is 34.0 Å². The molecule has 0 unspecified atom stereocenters. The molecule has 2 aromatic carbocycles. The third-order valence-electron chi connectivity index (χ3n) is 8.91. The van der Waals surface area contributed by atoms with Gasteiger partial charge in [0, 0.05) is 60.8 Å². The zero-order valence-electron chi connectivity index (χ0n) is 31.1. The van der Waals surface area contributed by atoms with Crippen molar-refractivity contribution in [3.8, 4) is 33.9 Å². The minimum absolute atomic E-state index is 0.0177. The molecule has 20 heteroatoms. The zero-order chi connectivity index (χ0) is 43.1. The number of carbonyl (C=O) groups is 2. The number of rotatable bonds is 6. The Hall–Kier alpha value is -7.90. The third kappa shape index (κ3) is 8.10. The number of nitrogens with zero attached hydrogens (tertiary/aromatic N) is 9. The molecule has 0 saturated carbocycles. The third-order valence-corrected chi connectivity index (χ3v) is 8.91. The first-order valence-corrected chi connectivity index (χ1v) is 17.4. The van der Waals surface area contributed by atoms with Gasteiger partial charge in [0.05, 0.1) is 45.9 Å². The van der Waals surface area contributed by atoms with Crippen LogP contribution in [0.3, 0.4) is 0 Å². The fraction of sp³-hybridized carbons (Fsp3) is 0.100. The standard InChI is InChI=1S/C21H17F3N6O.C19H12F3N5O2/c1-29(2)20(31)15-7-12(13-6-14(25)10-26-9-13)8-17-16(15)11-27-30(17)19-5-3-4-18(28-19)21(22,23)24;20-19(21,22)16-2-1-3-17(26-16)27-15-6-10(11-4-12(23)8-24-7-11)5-13(18(28)29)14(15)9-25-27/h3-11H,25H2,1-2H3;1-9H,23H2,(H,28,29). The summed E-state index contributed by atoms with van der Waals surface area (Å²) in [7, 11) is 3.23. The highest BCUT2D eigenvalue weighted by Gasteiger charge is 2.34. The summed E-state index contributed by atoms with van der Waals surface area (Å²) in [5.41, 5.74) is 13.6. The predicted molar refractivity (Wildman–Crippen MR) is 208 cm³/mol. The molecule has 0 spiro atoms. The lowest BCUT2D eigenvalue weighted by atomic mass is 10.0. The number of nitrogen functional groups attached to an aromatic ring is 2. The number of aromatic nitrogens is 8. The van der Waals surface area contributed by atoms with Gasteiger partial charge >= 0.3 is 18.3 Å². The number of carboxylic acid groups (broad SMARTS) is 1. The van der Waals surface area contributed by atoms with Gasteiger partial charge in [0.2, 0.25) is 0 Å². The number of pyridine rings is 4. The van der Waals surface area contributed by atoms with Crippen LogP contribution in [-0.4, -0.2) is 75.5 Å². The second-order valence-corrected chi connectivity index (χ2v) is 13.3. The van der Waals surface area contributed by atoms with Gasteiger partial charge in [-0.2, -0.15) is 36.5 Å². The number of aromatic carboxylic acids is 1. The second kappa shape index (κ2) is 15.5. The van der Waals surface area contributed by atoms with Crippen LogP contribution in [0.25, 0.3) is 55.7 Å². The number of hydrogen-bond donors (Lipinski definition) is 3. The molecule has 14 nitrogen and oxygen atoms in total. The first-order valence-electron chi connectivity index (χ1n) is 17.4. The summed E-state index contributed by atoms with van der Waals surface area (Å²) in [5, 5.41) is 18.6. The number of nitrogens with two attached hydrogens (primary N) is 2. The SMILES string of the molecule is CN(C)C(=O)c1cc(-c2cncc(N)c2)cc2c1cnn2-c1cccc(C(F)(F)F)n1.Nc1cncc(-c2cc(C(=O)O)c3cnn(-c4cccc(C(F)(F)F)n4)c3c2)c1. The zero-order valence-corrected chi connectivity index (χ0v) is 31.1. The van der Waals surface area contributed by atoms with E-state index in [1.54, 1.807) is 50.6 Å². The van der Waals surface area contributed by atoms with Crippen LogP contribution in [-0.2, 0) is 12.4 Å². The Morgan fingerprint density at radius 2 is 1.03 bits per heavy atom. The number of amides is 1. The van der Waals surface area contributed by atoms with Crippen LogP contribution in [0.2, 0.25) is 0 Å². The van der Waals surface area contributed by atoms with E-state index in [0.29, 0.717) is 50.1 Å². The van der Waals surface area contributed by atoms with E-state index < -0.39 is 29.7 Å². The van der Waals surface area contributed by atoms with Crippen LogP contribution < -0.4 is 11.5 Å². The summed E-state index contributed by atoms with van der Waals surface area (Å²) in [6, 6.07) is 16.7. The van der Waals surface area contributed by atoms with Gasteiger partial charge in [-0.1, -0.05) is 12.1 Å². The van der Waals surface area contributed by atoms with Crippen molar-refractivity contribution in [2.24, 2.45) is 0 Å². The summed E-state index contributed by atoms with van der Waals surface area (Å²) < 4.78 is 81.0. The van der Waals surface area contributed by atoms with E-state index in [1.165, 1.54) is 75.6 Å². The molecule has 0 fully saturated rings. The highest BCUT2D eigenvalue weighted by Crippen LogP contribution is 2.34. The van der Waals surface area contributed by atoms with Gasteiger partial charge < -0.3 is 21.5 Å². The fourth-order valence-electron chi connectivity index (χ4n) is 6.18. The summed E-state index contributed by atoms with van der Waals surface area (Å²) in [6.45, 7) is 0. The minimum Gasteiger partial charge on any atom is -0.478 e. The summed E-state index contributed by atoms with van der Waals surface area (Å²) in [4.78, 5) is 41.4. The normalized spacial score (nSPS) is 11.7. The Labute approximate surface area is 334 Å². The molecule has 6 aromatic heterocycles. The number of carboxylic acids is 1. The number of carbonyl (C=O) groups excluding carboxylic acids is 1. The van der Waals surface area contributed by atoms with Crippen molar-refractivity contribution in [1.82, 2.24) is 44.4 Å². The molecule has 8 rings (SSSR count). The Kier molecular flexibility index (Phi) is 10.4. The molecule has 0 radical (unpaired) electrons. The van der Waals surface area contributed by atoms with Gasteiger partial charge in [0.15, 0.2) is 11.6 Å². The summed E-state index contributed by atoms with van der Waals surface area (Å²) in [6.07, 6.45) is -0.469. The van der Waals surface area contributed by atoms with Crippen molar-refractivity contribution < 1.29 is 41.0 Å². The van der Waals surface area contributed by atoms with Crippen LogP contribution >= 0.6 is 0 Å². The van der Waals surface area contributed by atoms with Crippen molar-refractivity contribution in [2.75, 3.05) is 25.6 Å². The van der Waals surface area contributed by atoms with E-state index in [2.05, 4.69) is 30.1 Å². The molecule has 0 atom stereocenters. The number of anilines is 2. The van der Waals surface area contributed by atoms with E-state index >= 15 is 0 Å². The molecule has 8 aromatic rings. The van der Waals surface area contributed by atoms with Gasteiger partial charge in [-0.25, -0.2) is 24.1 Å². The topological polar surface area (TPSA) is 197 Å². The highest BCUT2D eigenvalue weighted by molar-refractivity contribution is 6.08. The number of alkyl halides is 6. The maximum absolute atomic E-state index is 13.1. The average molecular weight is 826 g/mol. The minimum atomic E-state index is -4.62. The number of fused-ring (bicyclic) bond motifs is 2. The quantitative estimate of drug-likeness (QED) is 0.140. The van der Waals surface area contributed by atoms with Crippen molar-refractivity contribution in [3.63, 3.8) is 0 Å². The molecule has 0 aliphatic carbocycles. The Morgan fingerprint density at radius 1 is 0.600 bits per heavy atom. The van der Waals surface area contributed by atoms with Gasteiger partial charge in [-0.3, -0.25) is 14.8 Å². The average Bonchev–Trinajstić information content (AvgIpc) is 3.84. The molecule has 60 heavy (non-hydrogen) atoms. The van der Waals surface area contributed by atoms with E-state index in [1.807, 2.05) is 0 Å². The second-order valence-electron chi connectivity index (χ2n) is 13.3. The molecule has 1 amide bonds. The molecule has 0 bridgehead atoms. The predicted octanol–water partition coefficient (Wildman–Crippen LogP) is 7.57. The van der Waals surface area contributed by atoms with Crippen LogP contribution in [0.15, 0.2) is 110 Å². The maximum Gasteiger partial charge on any atom is 0.433 e. The molecule has 0 saturated heterocycles. The highest BCUT2D eigenvalue weighted by atomic mass is 19.4. The van der Waals surface area contributed by atoms with Crippen LogP contribution in [0.5, 0.6) is 0 Å². The van der Waals surface area contributed by atoms with Gasteiger partial charge in [0.25, 0.3) is 5.91 Å². The molecular weight excluding hydrogens is 797 g/mol. The largest absolute Gasteiger partial charge is 0.478 e. The van der Waals surface area contributed by atoms with Crippen LogP contribution in [0.1, 0.15) is 32.1 Å². The lowest BCUT2D eigenvalue weighted by Crippen LogP contribution is -2.22. The first-order chi connectivity index (χ1) is 28.4. The smallest absolute Gasteiger partial charge is 0.433 e. The number of hydrogen-bond acceptors (Lipinski definition) is 10. The summed E-state index contributed by atoms with van der Waals surface area (Å²) >= 11 is 0. The summed E-state index contributed by atoms with van der Waals surface area (Å²) in [5.74, 6) is -1.59. The van der Waals surface area contributed by atoms with Crippen LogP contribution in [0.4, 0.5) is 37.7 Å². The van der Waals surface area contributed by atoms with Crippen molar-refractivity contribution in [3.05, 3.63) is 132 Å². The Balaban J connectivity index is 0.000000182. The molecule has 304 valence electrons. The van der Waals surface area contributed by atoms with E-state index in [0.717, 1.165) is 12.1 Å². The Bertz CT molecular complexity index is 2940. The first kappa shape index (κ1) is 40.3. The van der Waals surface area contributed by atoms with Crippen molar-refractivity contribution in [2.45, 2.75) is 12.4 Å². The maximum atomic E-state index is 13.1. The number of halogens is 6. The lowest BCUT2D eigenvalue weighted by Gasteiger charge is -2.14. The number of benzene rings is 2. The molecule has 0 aliphatic heterocycles. The Morgan fingerprint density at radius 3 is 1.43 bits per heavy atom. The molecule has 6 heterocycles. The van der Waals surface area contributed by atoms with Crippen molar-refractivity contribution >= 4 is 45.1 Å².